The number of sulfonamides is 1. The topological polar surface area (TPSA) is 100 Å². The molecule has 1 aromatic carbocycles. The summed E-state index contributed by atoms with van der Waals surface area (Å²) >= 11 is 0. The molecule has 1 N–H and O–H groups in total. The van der Waals surface area contributed by atoms with Crippen LogP contribution in [0.15, 0.2) is 36.5 Å². The Morgan fingerprint density at radius 3 is 2.50 bits per heavy atom. The molecule has 0 unspecified atom stereocenters. The summed E-state index contributed by atoms with van der Waals surface area (Å²) in [6.45, 7) is 3.42. The van der Waals surface area contributed by atoms with Crippen molar-refractivity contribution in [3.63, 3.8) is 0 Å². The van der Waals surface area contributed by atoms with Gasteiger partial charge in [0, 0.05) is 39.3 Å². The Labute approximate surface area is 152 Å². The minimum Gasteiger partial charge on any atom is -0.349 e. The fourth-order valence-corrected chi connectivity index (χ4v) is 3.58. The summed E-state index contributed by atoms with van der Waals surface area (Å²) in [7, 11) is -3.12. The highest BCUT2D eigenvalue weighted by molar-refractivity contribution is 7.88. The summed E-state index contributed by atoms with van der Waals surface area (Å²) < 4.78 is 24.5. The van der Waals surface area contributed by atoms with Crippen LogP contribution in [0, 0.1) is 0 Å². The molecule has 0 aliphatic carbocycles. The number of rotatable bonds is 6. The van der Waals surface area contributed by atoms with Crippen molar-refractivity contribution in [2.24, 2.45) is 0 Å². The van der Waals surface area contributed by atoms with Gasteiger partial charge in [-0.15, -0.1) is 5.10 Å². The van der Waals surface area contributed by atoms with Crippen molar-refractivity contribution in [3.05, 3.63) is 42.2 Å². The van der Waals surface area contributed by atoms with Gasteiger partial charge in [-0.2, -0.15) is 14.2 Å². The van der Waals surface area contributed by atoms with Crippen LogP contribution >= 0.6 is 0 Å². The first-order valence-electron chi connectivity index (χ1n) is 8.37. The molecule has 1 aliphatic heterocycles. The molecule has 0 atom stereocenters. The smallest absolute Gasteiger partial charge is 0.273 e. The fourth-order valence-electron chi connectivity index (χ4n) is 2.76. The van der Waals surface area contributed by atoms with Crippen LogP contribution in [0.5, 0.6) is 0 Å². The number of benzene rings is 1. The minimum absolute atomic E-state index is 0.260. The molecule has 0 bridgehead atoms. The largest absolute Gasteiger partial charge is 0.349 e. The predicted octanol–water partition coefficient (Wildman–Crippen LogP) is -0.426. The van der Waals surface area contributed by atoms with Crippen molar-refractivity contribution in [1.29, 1.82) is 0 Å². The molecule has 0 spiro atoms. The lowest BCUT2D eigenvalue weighted by Crippen LogP contribution is -2.49. The van der Waals surface area contributed by atoms with E-state index in [1.807, 2.05) is 30.3 Å². The van der Waals surface area contributed by atoms with Crippen LogP contribution in [0.1, 0.15) is 10.5 Å². The van der Waals surface area contributed by atoms with Crippen molar-refractivity contribution in [1.82, 2.24) is 29.5 Å². The predicted molar refractivity (Wildman–Crippen MR) is 96.5 cm³/mol. The third kappa shape index (κ3) is 4.65. The monoisotopic (exact) mass is 378 g/mol. The molecule has 3 rings (SSSR count). The van der Waals surface area contributed by atoms with Crippen LogP contribution in [-0.2, 0) is 10.0 Å². The Morgan fingerprint density at radius 2 is 1.85 bits per heavy atom. The van der Waals surface area contributed by atoms with Gasteiger partial charge in [-0.05, 0) is 12.1 Å². The molecule has 140 valence electrons. The standard InChI is InChI=1S/C16H22N6O3S/c1-26(24,25)21-11-9-20(10-12-21)8-7-17-16(23)15-13-18-22(19-15)14-5-3-2-4-6-14/h2-6,13H,7-12H2,1H3,(H,17,23). The highest BCUT2D eigenvalue weighted by atomic mass is 32.2. The first-order chi connectivity index (χ1) is 12.4. The van der Waals surface area contributed by atoms with Crippen LogP contribution in [-0.4, -0.2) is 84.0 Å². The second kappa shape index (κ2) is 7.94. The number of hydrogen-bond donors (Lipinski definition) is 1. The second-order valence-electron chi connectivity index (χ2n) is 6.11. The highest BCUT2D eigenvalue weighted by Crippen LogP contribution is 2.06. The van der Waals surface area contributed by atoms with Gasteiger partial charge in [0.15, 0.2) is 5.69 Å². The lowest BCUT2D eigenvalue weighted by molar-refractivity contribution is 0.0939. The van der Waals surface area contributed by atoms with Crippen LogP contribution in [0.2, 0.25) is 0 Å². The Kier molecular flexibility index (Phi) is 5.64. The average Bonchev–Trinajstić information content (AvgIpc) is 3.12. The lowest BCUT2D eigenvalue weighted by atomic mass is 10.3. The molecule has 0 radical (unpaired) electrons. The number of amides is 1. The SMILES string of the molecule is CS(=O)(=O)N1CCN(CCNC(=O)c2cnn(-c3ccccc3)n2)CC1. The quantitative estimate of drug-likeness (QED) is 0.732. The average molecular weight is 378 g/mol. The summed E-state index contributed by atoms with van der Waals surface area (Å²) in [5.41, 5.74) is 1.05. The fraction of sp³-hybridized carbons (Fsp3) is 0.438. The van der Waals surface area contributed by atoms with Gasteiger partial charge in [-0.1, -0.05) is 18.2 Å². The van der Waals surface area contributed by atoms with Crippen molar-refractivity contribution < 1.29 is 13.2 Å². The summed E-state index contributed by atoms with van der Waals surface area (Å²) in [5, 5.41) is 11.1. The number of para-hydroxylation sites is 1. The second-order valence-corrected chi connectivity index (χ2v) is 8.10. The van der Waals surface area contributed by atoms with Gasteiger partial charge in [-0.25, -0.2) is 8.42 Å². The maximum absolute atomic E-state index is 12.2. The van der Waals surface area contributed by atoms with Crippen molar-refractivity contribution in [3.8, 4) is 5.69 Å². The highest BCUT2D eigenvalue weighted by Gasteiger charge is 2.23. The molecule has 2 heterocycles. The Balaban J connectivity index is 1.45. The number of nitrogens with zero attached hydrogens (tertiary/aromatic N) is 5. The van der Waals surface area contributed by atoms with Gasteiger partial charge >= 0.3 is 0 Å². The Hall–Kier alpha value is -2.30. The van der Waals surface area contributed by atoms with Crippen molar-refractivity contribution in [2.75, 3.05) is 45.5 Å². The van der Waals surface area contributed by atoms with Gasteiger partial charge in [0.2, 0.25) is 10.0 Å². The first kappa shape index (κ1) is 18.5. The van der Waals surface area contributed by atoms with E-state index < -0.39 is 10.0 Å². The number of piperazine rings is 1. The zero-order valence-corrected chi connectivity index (χ0v) is 15.4. The number of carbonyl (C=O) groups excluding carboxylic acids is 1. The summed E-state index contributed by atoms with van der Waals surface area (Å²) in [6, 6.07) is 9.37. The molecular formula is C16H22N6O3S. The lowest BCUT2D eigenvalue weighted by Gasteiger charge is -2.33. The Bertz CT molecular complexity index is 844. The van der Waals surface area contributed by atoms with E-state index in [9.17, 15) is 13.2 Å². The number of hydrogen-bond acceptors (Lipinski definition) is 6. The third-order valence-electron chi connectivity index (χ3n) is 4.23. The number of nitrogens with one attached hydrogen (secondary N) is 1. The molecule has 1 fully saturated rings. The molecule has 1 aliphatic rings. The zero-order chi connectivity index (χ0) is 18.6. The summed E-state index contributed by atoms with van der Waals surface area (Å²) in [6.07, 6.45) is 2.67. The van der Waals surface area contributed by atoms with Crippen LogP contribution in [0.25, 0.3) is 5.69 Å². The van der Waals surface area contributed by atoms with E-state index in [-0.39, 0.29) is 11.6 Å². The molecular weight excluding hydrogens is 356 g/mol. The van der Waals surface area contributed by atoms with E-state index in [2.05, 4.69) is 20.4 Å². The van der Waals surface area contributed by atoms with Gasteiger partial charge in [0.25, 0.3) is 5.91 Å². The van der Waals surface area contributed by atoms with E-state index in [0.717, 1.165) is 5.69 Å². The maximum Gasteiger partial charge on any atom is 0.273 e. The molecule has 9 nitrogen and oxygen atoms in total. The molecule has 26 heavy (non-hydrogen) atoms. The molecule has 1 amide bonds. The minimum atomic E-state index is -3.12. The number of aromatic nitrogens is 3. The summed E-state index contributed by atoms with van der Waals surface area (Å²) in [4.78, 5) is 15.7. The zero-order valence-electron chi connectivity index (χ0n) is 14.6. The van der Waals surface area contributed by atoms with Crippen LogP contribution in [0.3, 0.4) is 0 Å². The van der Waals surface area contributed by atoms with E-state index in [1.165, 1.54) is 21.6 Å². The van der Waals surface area contributed by atoms with Crippen LogP contribution < -0.4 is 5.32 Å². The van der Waals surface area contributed by atoms with Gasteiger partial charge < -0.3 is 5.32 Å². The van der Waals surface area contributed by atoms with Gasteiger partial charge in [0.05, 0.1) is 18.1 Å². The summed E-state index contributed by atoms with van der Waals surface area (Å²) in [5.74, 6) is -0.276. The molecule has 0 saturated carbocycles. The van der Waals surface area contributed by atoms with Crippen molar-refractivity contribution in [2.45, 2.75) is 0 Å². The Morgan fingerprint density at radius 1 is 1.15 bits per heavy atom. The molecule has 2 aromatic rings. The third-order valence-corrected chi connectivity index (χ3v) is 5.53. The molecule has 1 aromatic heterocycles. The maximum atomic E-state index is 12.2. The van der Waals surface area contributed by atoms with E-state index in [0.29, 0.717) is 39.3 Å². The normalized spacial score (nSPS) is 16.5. The number of carbonyl (C=O) groups is 1. The van der Waals surface area contributed by atoms with E-state index in [4.69, 9.17) is 0 Å². The molecule has 10 heteroatoms. The van der Waals surface area contributed by atoms with E-state index >= 15 is 0 Å². The first-order valence-corrected chi connectivity index (χ1v) is 10.2. The van der Waals surface area contributed by atoms with Crippen molar-refractivity contribution >= 4 is 15.9 Å². The van der Waals surface area contributed by atoms with Crippen LogP contribution in [0.4, 0.5) is 0 Å². The van der Waals surface area contributed by atoms with E-state index in [1.54, 1.807) is 0 Å². The van der Waals surface area contributed by atoms with Gasteiger partial charge in [0.1, 0.15) is 0 Å². The molecule has 1 saturated heterocycles. The van der Waals surface area contributed by atoms with Gasteiger partial charge in [-0.3, -0.25) is 9.69 Å².